The van der Waals surface area contributed by atoms with E-state index < -0.39 is 27.3 Å². The first-order chi connectivity index (χ1) is 11.6. The smallest absolute Gasteiger partial charge is 0.488 e. The highest BCUT2D eigenvalue weighted by atomic mass is 32.2. The van der Waals surface area contributed by atoms with Gasteiger partial charge in [-0.3, -0.25) is 0 Å². The molecule has 0 aliphatic carbocycles. The fraction of sp³-hybridized carbons (Fsp3) is 0.133. The van der Waals surface area contributed by atoms with E-state index in [0.29, 0.717) is 5.56 Å². The summed E-state index contributed by atoms with van der Waals surface area (Å²) in [4.78, 5) is 11.2. The molecule has 0 saturated heterocycles. The van der Waals surface area contributed by atoms with Crippen LogP contribution in [0.4, 0.5) is 13.2 Å². The van der Waals surface area contributed by atoms with E-state index >= 15 is 0 Å². The van der Waals surface area contributed by atoms with E-state index in [-0.39, 0.29) is 17.9 Å². The normalized spacial score (nSPS) is 11.8. The van der Waals surface area contributed by atoms with Crippen molar-refractivity contribution in [3.63, 3.8) is 0 Å². The van der Waals surface area contributed by atoms with Gasteiger partial charge in [-0.05, 0) is 17.7 Å². The quantitative estimate of drug-likeness (QED) is 0.615. The highest BCUT2D eigenvalue weighted by Gasteiger charge is 2.48. The zero-order chi connectivity index (χ0) is 18.7. The van der Waals surface area contributed by atoms with Crippen molar-refractivity contribution >= 4 is 16.1 Å². The van der Waals surface area contributed by atoms with Gasteiger partial charge in [-0.25, -0.2) is 4.79 Å². The first-order valence-electron chi connectivity index (χ1n) is 6.65. The molecule has 0 amide bonds. The first-order valence-corrected chi connectivity index (χ1v) is 8.06. The van der Waals surface area contributed by atoms with Gasteiger partial charge in [-0.2, -0.15) is 21.6 Å². The molecule has 0 fully saturated rings. The Labute approximate surface area is 140 Å². The molecule has 6 nitrogen and oxygen atoms in total. The zero-order valence-corrected chi connectivity index (χ0v) is 13.2. The van der Waals surface area contributed by atoms with Crippen molar-refractivity contribution in [1.82, 2.24) is 0 Å². The average Bonchev–Trinajstić information content (AvgIpc) is 2.52. The molecule has 0 saturated carbocycles. The lowest BCUT2D eigenvalue weighted by molar-refractivity contribution is -0.0500. The summed E-state index contributed by atoms with van der Waals surface area (Å²) in [7, 11) is -5.87. The fourth-order valence-corrected chi connectivity index (χ4v) is 2.21. The van der Waals surface area contributed by atoms with Crippen LogP contribution in [0.5, 0.6) is 11.5 Å². The van der Waals surface area contributed by atoms with Crippen LogP contribution < -0.4 is 8.92 Å². The highest BCUT2D eigenvalue weighted by molar-refractivity contribution is 7.88. The maximum Gasteiger partial charge on any atom is 0.534 e. The van der Waals surface area contributed by atoms with Crippen molar-refractivity contribution in [2.75, 3.05) is 0 Å². The number of rotatable bonds is 6. The minimum atomic E-state index is -5.87. The highest BCUT2D eigenvalue weighted by Crippen LogP contribution is 2.31. The molecule has 134 valence electrons. The second-order valence-electron chi connectivity index (χ2n) is 4.72. The summed E-state index contributed by atoms with van der Waals surface area (Å²) in [6.45, 7) is -0.0728. The number of aromatic carboxylic acids is 1. The third kappa shape index (κ3) is 4.63. The van der Waals surface area contributed by atoms with E-state index in [0.717, 1.165) is 18.2 Å². The molecule has 10 heteroatoms. The number of carbonyl (C=O) groups is 1. The molecule has 1 N–H and O–H groups in total. The van der Waals surface area contributed by atoms with Gasteiger partial charge in [0.1, 0.15) is 23.7 Å². The summed E-state index contributed by atoms with van der Waals surface area (Å²) in [5, 5.41) is 9.10. The number of hydrogen-bond donors (Lipinski definition) is 1. The molecule has 2 aromatic carbocycles. The second kappa shape index (κ2) is 7.01. The summed E-state index contributed by atoms with van der Waals surface area (Å²) in [5.74, 6) is -2.44. The summed E-state index contributed by atoms with van der Waals surface area (Å²) >= 11 is 0. The Morgan fingerprint density at radius 1 is 1.08 bits per heavy atom. The largest absolute Gasteiger partial charge is 0.534 e. The lowest BCUT2D eigenvalue weighted by Crippen LogP contribution is -2.28. The molecule has 0 aromatic heterocycles. The Kier molecular flexibility index (Phi) is 5.21. The van der Waals surface area contributed by atoms with Gasteiger partial charge in [-0.15, -0.1) is 0 Å². The van der Waals surface area contributed by atoms with Crippen molar-refractivity contribution in [2.24, 2.45) is 0 Å². The van der Waals surface area contributed by atoms with Gasteiger partial charge in [0.15, 0.2) is 0 Å². The predicted molar refractivity (Wildman–Crippen MR) is 79.8 cm³/mol. The van der Waals surface area contributed by atoms with Crippen LogP contribution in [0.25, 0.3) is 0 Å². The third-order valence-corrected chi connectivity index (χ3v) is 3.89. The molecule has 0 heterocycles. The van der Waals surface area contributed by atoms with Gasteiger partial charge in [-0.1, -0.05) is 30.3 Å². The molecule has 2 aromatic rings. The SMILES string of the molecule is O=C(O)c1ccc(OS(=O)(=O)C(F)(F)F)cc1OCc1ccccc1. The summed E-state index contributed by atoms with van der Waals surface area (Å²) in [5.41, 5.74) is -5.29. The van der Waals surface area contributed by atoms with Crippen LogP contribution in [0.3, 0.4) is 0 Å². The molecule has 0 atom stereocenters. The van der Waals surface area contributed by atoms with Gasteiger partial charge < -0.3 is 14.0 Å². The Morgan fingerprint density at radius 3 is 2.28 bits per heavy atom. The topological polar surface area (TPSA) is 89.9 Å². The van der Waals surface area contributed by atoms with Crippen LogP contribution in [-0.4, -0.2) is 25.0 Å². The molecule has 2 rings (SSSR count). The van der Waals surface area contributed by atoms with E-state index in [1.54, 1.807) is 30.3 Å². The molecular formula is C15H11F3O6S. The Balaban J connectivity index is 2.29. The maximum absolute atomic E-state index is 12.4. The number of carboxylic acid groups (broad SMARTS) is 1. The Morgan fingerprint density at radius 2 is 1.72 bits per heavy atom. The monoisotopic (exact) mass is 376 g/mol. The van der Waals surface area contributed by atoms with Crippen molar-refractivity contribution < 1.29 is 40.4 Å². The molecular weight excluding hydrogens is 365 g/mol. The van der Waals surface area contributed by atoms with E-state index in [2.05, 4.69) is 4.18 Å². The zero-order valence-electron chi connectivity index (χ0n) is 12.4. The van der Waals surface area contributed by atoms with Crippen LogP contribution in [0, 0.1) is 0 Å². The Hall–Kier alpha value is -2.75. The van der Waals surface area contributed by atoms with Crippen molar-refractivity contribution in [1.29, 1.82) is 0 Å². The van der Waals surface area contributed by atoms with Crippen molar-refractivity contribution in [3.05, 3.63) is 59.7 Å². The van der Waals surface area contributed by atoms with E-state index in [9.17, 15) is 26.4 Å². The van der Waals surface area contributed by atoms with Gasteiger partial charge in [0.25, 0.3) is 0 Å². The van der Waals surface area contributed by atoms with Crippen LogP contribution in [0.1, 0.15) is 15.9 Å². The number of carboxylic acids is 1. The van der Waals surface area contributed by atoms with Gasteiger partial charge in [0.05, 0.1) is 0 Å². The summed E-state index contributed by atoms with van der Waals surface area (Å²) in [6, 6.07) is 11.0. The van der Waals surface area contributed by atoms with E-state index in [1.807, 2.05) is 0 Å². The number of ether oxygens (including phenoxy) is 1. The molecule has 0 bridgehead atoms. The average molecular weight is 376 g/mol. The van der Waals surface area contributed by atoms with Crippen LogP contribution in [0.15, 0.2) is 48.5 Å². The van der Waals surface area contributed by atoms with Crippen LogP contribution >= 0.6 is 0 Å². The number of halogens is 3. The van der Waals surface area contributed by atoms with Crippen LogP contribution in [-0.2, 0) is 16.7 Å². The molecule has 0 radical (unpaired) electrons. The van der Waals surface area contributed by atoms with Gasteiger partial charge in [0, 0.05) is 6.07 Å². The van der Waals surface area contributed by atoms with Crippen LogP contribution in [0.2, 0.25) is 0 Å². The van der Waals surface area contributed by atoms with Crippen molar-refractivity contribution in [2.45, 2.75) is 12.1 Å². The minimum absolute atomic E-state index is 0.0728. The summed E-state index contributed by atoms with van der Waals surface area (Å²) < 4.78 is 68.4. The summed E-state index contributed by atoms with van der Waals surface area (Å²) in [6.07, 6.45) is 0. The second-order valence-corrected chi connectivity index (χ2v) is 6.26. The first kappa shape index (κ1) is 18.6. The molecule has 0 aliphatic heterocycles. The van der Waals surface area contributed by atoms with Gasteiger partial charge in [0.2, 0.25) is 0 Å². The minimum Gasteiger partial charge on any atom is -0.488 e. The van der Waals surface area contributed by atoms with Gasteiger partial charge >= 0.3 is 21.6 Å². The lowest BCUT2D eigenvalue weighted by Gasteiger charge is -2.13. The fourth-order valence-electron chi connectivity index (χ4n) is 1.76. The van der Waals surface area contributed by atoms with Crippen molar-refractivity contribution in [3.8, 4) is 11.5 Å². The number of benzene rings is 2. The number of alkyl halides is 3. The standard InChI is InChI=1S/C15H11F3O6S/c16-15(17,18)25(21,22)24-11-6-7-12(14(19)20)13(8-11)23-9-10-4-2-1-3-5-10/h1-8H,9H2,(H,19,20). The lowest BCUT2D eigenvalue weighted by atomic mass is 10.2. The predicted octanol–water partition coefficient (Wildman–Crippen LogP) is 3.19. The molecule has 0 unspecified atom stereocenters. The Bertz CT molecular complexity index is 863. The third-order valence-electron chi connectivity index (χ3n) is 2.91. The number of hydrogen-bond acceptors (Lipinski definition) is 5. The molecule has 0 aliphatic rings. The van der Waals surface area contributed by atoms with E-state index in [4.69, 9.17) is 9.84 Å². The maximum atomic E-state index is 12.4. The molecule has 25 heavy (non-hydrogen) atoms. The molecule has 0 spiro atoms. The van der Waals surface area contributed by atoms with E-state index in [1.165, 1.54) is 0 Å².